The molecular weight excluding hydrogens is 262 g/mol. The van der Waals surface area contributed by atoms with Gasteiger partial charge in [0.25, 0.3) is 6.01 Å². The first kappa shape index (κ1) is 12.0. The summed E-state index contributed by atoms with van der Waals surface area (Å²) < 4.78 is 7.87. The molecule has 4 rings (SSSR count). The van der Waals surface area contributed by atoms with E-state index in [-0.39, 0.29) is 0 Å². The van der Waals surface area contributed by atoms with Gasteiger partial charge in [0.15, 0.2) is 5.58 Å². The van der Waals surface area contributed by atoms with E-state index in [2.05, 4.69) is 51.4 Å². The summed E-state index contributed by atoms with van der Waals surface area (Å²) in [6, 6.07) is 18.9. The Bertz CT molecular complexity index is 858. The summed E-state index contributed by atoms with van der Waals surface area (Å²) in [6.07, 6.45) is 2.11. The number of para-hydroxylation sites is 3. The zero-order chi connectivity index (χ0) is 14.1. The maximum atomic E-state index is 5.64. The number of fused-ring (bicyclic) bond motifs is 2. The lowest BCUT2D eigenvalue weighted by atomic mass is 10.2. The number of benzene rings is 2. The maximum absolute atomic E-state index is 5.64. The molecule has 4 heteroatoms. The second-order valence-corrected chi connectivity index (χ2v) is 4.98. The van der Waals surface area contributed by atoms with Gasteiger partial charge in [-0.05, 0) is 29.7 Å². The van der Waals surface area contributed by atoms with E-state index in [0.29, 0.717) is 6.01 Å². The maximum Gasteiger partial charge on any atom is 0.295 e. The number of hydrogen-bond donors (Lipinski definition) is 1. The van der Waals surface area contributed by atoms with Gasteiger partial charge in [0.1, 0.15) is 5.52 Å². The SMILES string of the molecule is c1ccc2c(c1)ccn2CCNc1nc2ccccc2o1. The Morgan fingerprint density at radius 2 is 1.86 bits per heavy atom. The van der Waals surface area contributed by atoms with Crippen LogP contribution in [0.3, 0.4) is 0 Å². The summed E-state index contributed by atoms with van der Waals surface area (Å²) in [7, 11) is 0. The smallest absolute Gasteiger partial charge is 0.295 e. The van der Waals surface area contributed by atoms with Gasteiger partial charge in [-0.25, -0.2) is 0 Å². The fourth-order valence-corrected chi connectivity index (χ4v) is 2.57. The van der Waals surface area contributed by atoms with E-state index in [9.17, 15) is 0 Å². The molecule has 0 unspecified atom stereocenters. The molecule has 4 aromatic rings. The predicted molar refractivity (Wildman–Crippen MR) is 84.4 cm³/mol. The van der Waals surface area contributed by atoms with Gasteiger partial charge in [-0.15, -0.1) is 0 Å². The Kier molecular flexibility index (Phi) is 2.85. The highest BCUT2D eigenvalue weighted by atomic mass is 16.4. The first-order chi connectivity index (χ1) is 10.4. The fraction of sp³-hybridized carbons (Fsp3) is 0.118. The molecule has 0 saturated heterocycles. The summed E-state index contributed by atoms with van der Waals surface area (Å²) in [4.78, 5) is 4.41. The molecule has 2 heterocycles. The Labute approximate surface area is 122 Å². The molecule has 0 aliphatic carbocycles. The van der Waals surface area contributed by atoms with E-state index < -0.39 is 0 Å². The molecule has 0 radical (unpaired) electrons. The topological polar surface area (TPSA) is 43.0 Å². The van der Waals surface area contributed by atoms with Crippen LogP contribution in [0.1, 0.15) is 0 Å². The molecule has 0 aliphatic rings. The minimum absolute atomic E-state index is 0.577. The summed E-state index contributed by atoms with van der Waals surface area (Å²) in [5.74, 6) is 0. The van der Waals surface area contributed by atoms with Crippen molar-refractivity contribution in [3.05, 3.63) is 60.8 Å². The molecule has 0 bridgehead atoms. The second-order valence-electron chi connectivity index (χ2n) is 4.98. The molecule has 2 aromatic heterocycles. The van der Waals surface area contributed by atoms with Crippen molar-refractivity contribution in [3.63, 3.8) is 0 Å². The Balaban J connectivity index is 1.47. The standard InChI is InChI=1S/C17H15N3O/c1-3-7-15-13(5-1)9-11-20(15)12-10-18-17-19-14-6-2-4-8-16(14)21-17/h1-9,11H,10,12H2,(H,18,19). The van der Waals surface area contributed by atoms with Crippen molar-refractivity contribution in [2.75, 3.05) is 11.9 Å². The number of anilines is 1. The van der Waals surface area contributed by atoms with E-state index in [4.69, 9.17) is 4.42 Å². The van der Waals surface area contributed by atoms with Gasteiger partial charge in [0.05, 0.1) is 0 Å². The number of rotatable bonds is 4. The second kappa shape index (κ2) is 4.98. The lowest BCUT2D eigenvalue weighted by Gasteiger charge is -2.05. The van der Waals surface area contributed by atoms with Gasteiger partial charge in [-0.3, -0.25) is 0 Å². The largest absolute Gasteiger partial charge is 0.424 e. The number of oxazole rings is 1. The Morgan fingerprint density at radius 1 is 1.00 bits per heavy atom. The zero-order valence-electron chi connectivity index (χ0n) is 11.5. The summed E-state index contributed by atoms with van der Waals surface area (Å²) >= 11 is 0. The highest BCUT2D eigenvalue weighted by molar-refractivity contribution is 5.79. The molecule has 21 heavy (non-hydrogen) atoms. The van der Waals surface area contributed by atoms with Crippen molar-refractivity contribution in [2.45, 2.75) is 6.54 Å². The third kappa shape index (κ3) is 2.25. The van der Waals surface area contributed by atoms with Crippen LogP contribution in [0.25, 0.3) is 22.0 Å². The van der Waals surface area contributed by atoms with Crippen LogP contribution in [-0.2, 0) is 6.54 Å². The van der Waals surface area contributed by atoms with Crippen molar-refractivity contribution >= 4 is 28.0 Å². The normalized spacial score (nSPS) is 11.2. The highest BCUT2D eigenvalue weighted by Crippen LogP contribution is 2.18. The van der Waals surface area contributed by atoms with E-state index in [1.165, 1.54) is 10.9 Å². The molecule has 2 aromatic carbocycles. The van der Waals surface area contributed by atoms with Crippen LogP contribution >= 0.6 is 0 Å². The molecule has 0 spiro atoms. The third-order valence-corrected chi connectivity index (χ3v) is 3.60. The Hall–Kier alpha value is -2.75. The molecular formula is C17H15N3O. The number of hydrogen-bond acceptors (Lipinski definition) is 3. The minimum Gasteiger partial charge on any atom is -0.424 e. The van der Waals surface area contributed by atoms with Crippen molar-refractivity contribution in [1.29, 1.82) is 0 Å². The van der Waals surface area contributed by atoms with Crippen molar-refractivity contribution < 1.29 is 4.42 Å². The molecule has 0 amide bonds. The average molecular weight is 277 g/mol. The van der Waals surface area contributed by atoms with Crippen LogP contribution in [-0.4, -0.2) is 16.1 Å². The van der Waals surface area contributed by atoms with E-state index >= 15 is 0 Å². The first-order valence-corrected chi connectivity index (χ1v) is 7.03. The van der Waals surface area contributed by atoms with Crippen LogP contribution in [0.5, 0.6) is 0 Å². The van der Waals surface area contributed by atoms with Gasteiger partial charge in [-0.1, -0.05) is 30.3 Å². The average Bonchev–Trinajstić information content (AvgIpc) is 3.11. The van der Waals surface area contributed by atoms with Crippen LogP contribution in [0.4, 0.5) is 6.01 Å². The first-order valence-electron chi connectivity index (χ1n) is 7.03. The van der Waals surface area contributed by atoms with Crippen LogP contribution in [0.15, 0.2) is 65.2 Å². The number of nitrogens with zero attached hydrogens (tertiary/aromatic N) is 2. The van der Waals surface area contributed by atoms with Crippen LogP contribution < -0.4 is 5.32 Å². The molecule has 4 nitrogen and oxygen atoms in total. The fourth-order valence-electron chi connectivity index (χ4n) is 2.57. The highest BCUT2D eigenvalue weighted by Gasteiger charge is 2.04. The van der Waals surface area contributed by atoms with E-state index in [1.54, 1.807) is 0 Å². The van der Waals surface area contributed by atoms with Crippen molar-refractivity contribution in [1.82, 2.24) is 9.55 Å². The monoisotopic (exact) mass is 277 g/mol. The molecule has 0 fully saturated rings. The van der Waals surface area contributed by atoms with Gasteiger partial charge >= 0.3 is 0 Å². The van der Waals surface area contributed by atoms with E-state index in [1.807, 2.05) is 24.3 Å². The molecule has 1 N–H and O–H groups in total. The minimum atomic E-state index is 0.577. The van der Waals surface area contributed by atoms with E-state index in [0.717, 1.165) is 24.2 Å². The molecule has 0 atom stereocenters. The van der Waals surface area contributed by atoms with Gasteiger partial charge in [0, 0.05) is 24.8 Å². The van der Waals surface area contributed by atoms with Crippen LogP contribution in [0.2, 0.25) is 0 Å². The summed E-state index contributed by atoms with van der Waals surface area (Å²) in [5, 5.41) is 4.50. The van der Waals surface area contributed by atoms with Gasteiger partial charge in [-0.2, -0.15) is 4.98 Å². The number of aromatic nitrogens is 2. The lowest BCUT2D eigenvalue weighted by molar-refractivity contribution is 0.608. The summed E-state index contributed by atoms with van der Waals surface area (Å²) in [6.45, 7) is 1.64. The molecule has 0 saturated carbocycles. The van der Waals surface area contributed by atoms with Gasteiger partial charge in [0.2, 0.25) is 0 Å². The lowest BCUT2D eigenvalue weighted by Crippen LogP contribution is -2.09. The quantitative estimate of drug-likeness (QED) is 0.615. The molecule has 104 valence electrons. The molecule has 0 aliphatic heterocycles. The van der Waals surface area contributed by atoms with Gasteiger partial charge < -0.3 is 14.3 Å². The Morgan fingerprint density at radius 3 is 2.81 bits per heavy atom. The predicted octanol–water partition coefficient (Wildman–Crippen LogP) is 3.89. The zero-order valence-corrected chi connectivity index (χ0v) is 11.5. The third-order valence-electron chi connectivity index (χ3n) is 3.60. The van der Waals surface area contributed by atoms with Crippen molar-refractivity contribution in [3.8, 4) is 0 Å². The summed E-state index contributed by atoms with van der Waals surface area (Å²) in [5.41, 5.74) is 2.94. The van der Waals surface area contributed by atoms with Crippen molar-refractivity contribution in [2.24, 2.45) is 0 Å². The van der Waals surface area contributed by atoms with Crippen LogP contribution in [0, 0.1) is 0 Å². The number of nitrogens with one attached hydrogen (secondary N) is 1.